The number of nitrogens with one attached hydrogen (secondary N) is 1. The second-order valence-corrected chi connectivity index (χ2v) is 6.30. The molecular formula is C13H9N3O3S2. The normalized spacial score (nSPS) is 10.7. The molecule has 0 unspecified atom stereocenters. The van der Waals surface area contributed by atoms with Crippen molar-refractivity contribution in [2.75, 3.05) is 5.32 Å². The number of benzene rings is 1. The van der Waals surface area contributed by atoms with Crippen LogP contribution >= 0.6 is 22.7 Å². The predicted molar refractivity (Wildman–Crippen MR) is 83.3 cm³/mol. The maximum Gasteiger partial charge on any atom is 0.324 e. The van der Waals surface area contributed by atoms with Crippen LogP contribution in [0.3, 0.4) is 0 Å². The monoisotopic (exact) mass is 319 g/mol. The van der Waals surface area contributed by atoms with Crippen molar-refractivity contribution in [2.24, 2.45) is 0 Å². The number of thiophene rings is 1. The molecule has 3 aromatic rings. The highest BCUT2D eigenvalue weighted by molar-refractivity contribution is 7.22. The van der Waals surface area contributed by atoms with E-state index in [1.807, 2.05) is 25.1 Å². The zero-order valence-electron chi connectivity index (χ0n) is 10.8. The van der Waals surface area contributed by atoms with Crippen LogP contribution in [0.1, 0.15) is 15.9 Å². The molecule has 0 fully saturated rings. The van der Waals surface area contributed by atoms with Gasteiger partial charge in [-0.1, -0.05) is 28.7 Å². The van der Waals surface area contributed by atoms with Crippen LogP contribution in [0.2, 0.25) is 0 Å². The zero-order valence-corrected chi connectivity index (χ0v) is 12.5. The number of carbonyl (C=O) groups excluding carboxylic acids is 1. The van der Waals surface area contributed by atoms with E-state index in [2.05, 4.69) is 10.3 Å². The highest BCUT2D eigenvalue weighted by atomic mass is 32.1. The Labute approximate surface area is 127 Å². The number of nitro groups is 1. The Hall–Kier alpha value is -2.32. The second-order valence-electron chi connectivity index (χ2n) is 4.38. The lowest BCUT2D eigenvalue weighted by Crippen LogP contribution is -2.10. The molecule has 1 amide bonds. The Morgan fingerprint density at radius 2 is 2.19 bits per heavy atom. The van der Waals surface area contributed by atoms with Crippen molar-refractivity contribution in [1.82, 2.24) is 4.98 Å². The average molecular weight is 319 g/mol. The van der Waals surface area contributed by atoms with Crippen LogP contribution in [0.4, 0.5) is 10.1 Å². The number of aryl methyl sites for hydroxylation is 1. The molecule has 1 N–H and O–H groups in total. The van der Waals surface area contributed by atoms with Gasteiger partial charge in [-0.25, -0.2) is 4.98 Å². The SMILES string of the molecule is Cc1ccc2nc(NC(=O)c3csc([N+](=O)[O-])c3)sc2c1. The largest absolute Gasteiger partial charge is 0.324 e. The van der Waals surface area contributed by atoms with E-state index >= 15 is 0 Å². The lowest BCUT2D eigenvalue weighted by Gasteiger charge is -1.96. The van der Waals surface area contributed by atoms with E-state index < -0.39 is 10.8 Å². The van der Waals surface area contributed by atoms with Gasteiger partial charge in [0.05, 0.1) is 20.7 Å². The van der Waals surface area contributed by atoms with Crippen LogP contribution in [0.25, 0.3) is 10.2 Å². The Balaban J connectivity index is 1.83. The number of anilines is 1. The van der Waals surface area contributed by atoms with Gasteiger partial charge in [0.2, 0.25) is 0 Å². The molecule has 2 heterocycles. The number of aromatic nitrogens is 1. The third-order valence-corrected chi connectivity index (χ3v) is 4.61. The quantitative estimate of drug-likeness (QED) is 0.587. The summed E-state index contributed by atoms with van der Waals surface area (Å²) >= 11 is 2.30. The number of rotatable bonds is 3. The second kappa shape index (κ2) is 5.23. The molecule has 0 aliphatic heterocycles. The first-order valence-electron chi connectivity index (χ1n) is 5.94. The van der Waals surface area contributed by atoms with Crippen molar-refractivity contribution in [3.63, 3.8) is 0 Å². The molecule has 0 atom stereocenters. The van der Waals surface area contributed by atoms with E-state index in [0.717, 1.165) is 27.1 Å². The van der Waals surface area contributed by atoms with Gasteiger partial charge in [0.1, 0.15) is 0 Å². The molecule has 0 aliphatic carbocycles. The van der Waals surface area contributed by atoms with E-state index in [-0.39, 0.29) is 10.6 Å². The predicted octanol–water partition coefficient (Wildman–Crippen LogP) is 3.83. The van der Waals surface area contributed by atoms with Gasteiger partial charge in [0.15, 0.2) is 5.13 Å². The van der Waals surface area contributed by atoms with E-state index in [0.29, 0.717) is 5.13 Å². The fraction of sp³-hybridized carbons (Fsp3) is 0.0769. The summed E-state index contributed by atoms with van der Waals surface area (Å²) in [4.78, 5) is 26.5. The van der Waals surface area contributed by atoms with Gasteiger partial charge in [0, 0.05) is 11.4 Å². The van der Waals surface area contributed by atoms with Crippen molar-refractivity contribution in [3.8, 4) is 0 Å². The van der Waals surface area contributed by atoms with E-state index in [4.69, 9.17) is 0 Å². The summed E-state index contributed by atoms with van der Waals surface area (Å²) < 4.78 is 0.988. The van der Waals surface area contributed by atoms with Gasteiger partial charge in [-0.05, 0) is 24.6 Å². The Kier molecular flexibility index (Phi) is 3.40. The fourth-order valence-electron chi connectivity index (χ4n) is 1.79. The lowest BCUT2D eigenvalue weighted by atomic mass is 10.2. The maximum absolute atomic E-state index is 12.0. The van der Waals surface area contributed by atoms with Crippen LogP contribution < -0.4 is 5.32 Å². The van der Waals surface area contributed by atoms with Crippen LogP contribution in [0.5, 0.6) is 0 Å². The number of amides is 1. The molecule has 3 rings (SSSR count). The molecule has 0 radical (unpaired) electrons. The van der Waals surface area contributed by atoms with Crippen molar-refractivity contribution < 1.29 is 9.72 Å². The molecule has 2 aromatic heterocycles. The van der Waals surface area contributed by atoms with E-state index in [1.54, 1.807) is 0 Å². The third-order valence-electron chi connectivity index (χ3n) is 2.79. The zero-order chi connectivity index (χ0) is 15.0. The number of thiazole rings is 1. The van der Waals surface area contributed by atoms with Crippen LogP contribution in [-0.4, -0.2) is 15.8 Å². The fourth-order valence-corrected chi connectivity index (χ4v) is 3.46. The van der Waals surface area contributed by atoms with Crippen LogP contribution in [0, 0.1) is 17.0 Å². The number of carbonyl (C=O) groups is 1. The minimum absolute atomic E-state index is 0.0555. The molecule has 6 nitrogen and oxygen atoms in total. The third kappa shape index (κ3) is 2.76. The summed E-state index contributed by atoms with van der Waals surface area (Å²) in [6, 6.07) is 7.11. The number of hydrogen-bond donors (Lipinski definition) is 1. The summed E-state index contributed by atoms with van der Waals surface area (Å²) in [6.07, 6.45) is 0. The first-order valence-corrected chi connectivity index (χ1v) is 7.64. The van der Waals surface area contributed by atoms with Crippen molar-refractivity contribution >= 4 is 48.9 Å². The summed E-state index contributed by atoms with van der Waals surface area (Å²) in [5.74, 6) is -0.393. The standard InChI is InChI=1S/C13H9N3O3S2/c1-7-2-3-9-10(4-7)21-13(14-9)15-12(17)8-5-11(16(18)19)20-6-8/h2-6H,1H3,(H,14,15,17). The molecule has 0 bridgehead atoms. The minimum Gasteiger partial charge on any atom is -0.298 e. The van der Waals surface area contributed by atoms with Gasteiger partial charge in [-0.3, -0.25) is 20.2 Å². The van der Waals surface area contributed by atoms with Gasteiger partial charge < -0.3 is 0 Å². The lowest BCUT2D eigenvalue weighted by molar-refractivity contribution is -0.380. The van der Waals surface area contributed by atoms with Crippen LogP contribution in [-0.2, 0) is 0 Å². The topological polar surface area (TPSA) is 85.1 Å². The van der Waals surface area contributed by atoms with Gasteiger partial charge in [0.25, 0.3) is 5.91 Å². The average Bonchev–Trinajstić information content (AvgIpc) is 3.03. The van der Waals surface area contributed by atoms with E-state index in [1.165, 1.54) is 22.8 Å². The molecule has 0 saturated carbocycles. The first kappa shape index (κ1) is 13.7. The smallest absolute Gasteiger partial charge is 0.298 e. The molecule has 0 saturated heterocycles. The summed E-state index contributed by atoms with van der Waals surface area (Å²) in [5.41, 5.74) is 2.21. The van der Waals surface area contributed by atoms with Gasteiger partial charge in [-0.15, -0.1) is 0 Å². The molecule has 0 aliphatic rings. The van der Waals surface area contributed by atoms with Gasteiger partial charge in [-0.2, -0.15) is 0 Å². The number of nitrogens with zero attached hydrogens (tertiary/aromatic N) is 2. The summed E-state index contributed by atoms with van der Waals surface area (Å²) in [7, 11) is 0. The van der Waals surface area contributed by atoms with E-state index in [9.17, 15) is 14.9 Å². The highest BCUT2D eigenvalue weighted by Crippen LogP contribution is 2.28. The first-order chi connectivity index (χ1) is 10.0. The molecule has 21 heavy (non-hydrogen) atoms. The van der Waals surface area contributed by atoms with Crippen molar-refractivity contribution in [3.05, 3.63) is 50.9 Å². The van der Waals surface area contributed by atoms with Crippen molar-refractivity contribution in [2.45, 2.75) is 6.92 Å². The van der Waals surface area contributed by atoms with Gasteiger partial charge >= 0.3 is 5.00 Å². The molecule has 0 spiro atoms. The minimum atomic E-state index is -0.512. The maximum atomic E-state index is 12.0. The summed E-state index contributed by atoms with van der Waals surface area (Å²) in [6.45, 7) is 1.99. The summed E-state index contributed by atoms with van der Waals surface area (Å²) in [5, 5.41) is 15.2. The van der Waals surface area contributed by atoms with Crippen molar-refractivity contribution in [1.29, 1.82) is 0 Å². The molecule has 106 valence electrons. The molecule has 1 aromatic carbocycles. The number of hydrogen-bond acceptors (Lipinski definition) is 6. The number of fused-ring (bicyclic) bond motifs is 1. The Bertz CT molecular complexity index is 853. The molecular weight excluding hydrogens is 310 g/mol. The highest BCUT2D eigenvalue weighted by Gasteiger charge is 2.16. The van der Waals surface area contributed by atoms with Crippen LogP contribution in [0.15, 0.2) is 29.6 Å². The Morgan fingerprint density at radius 3 is 2.90 bits per heavy atom. The Morgan fingerprint density at radius 1 is 1.38 bits per heavy atom. The molecule has 8 heteroatoms.